The third-order valence-electron chi connectivity index (χ3n) is 3.99. The van der Waals surface area contributed by atoms with E-state index < -0.39 is 17.8 Å². The molecule has 112 valence electrons. The van der Waals surface area contributed by atoms with E-state index in [9.17, 15) is 15.3 Å². The molecular weight excluding hydrogens is 278 g/mol. The number of nitrogens with one attached hydrogen (secondary N) is 1. The molecule has 5 heteroatoms. The normalized spacial score (nSPS) is 21.4. The second kappa shape index (κ2) is 6.87. The van der Waals surface area contributed by atoms with Crippen molar-refractivity contribution in [1.29, 1.82) is 0 Å². The van der Waals surface area contributed by atoms with Gasteiger partial charge in [-0.2, -0.15) is 0 Å². The number of rotatable bonds is 5. The summed E-state index contributed by atoms with van der Waals surface area (Å²) in [5.41, 5.74) is 0.717. The Labute approximate surface area is 124 Å². The van der Waals surface area contributed by atoms with Gasteiger partial charge in [-0.05, 0) is 43.5 Å². The van der Waals surface area contributed by atoms with Crippen LogP contribution in [0.15, 0.2) is 24.3 Å². The van der Waals surface area contributed by atoms with Gasteiger partial charge in [-0.1, -0.05) is 24.3 Å². The van der Waals surface area contributed by atoms with E-state index >= 15 is 0 Å². The van der Waals surface area contributed by atoms with Crippen LogP contribution in [0.4, 0.5) is 0 Å². The predicted octanol–water partition coefficient (Wildman–Crippen LogP) is 1.28. The Balaban J connectivity index is 2.09. The molecule has 1 fully saturated rings. The molecule has 2 atom stereocenters. The van der Waals surface area contributed by atoms with Gasteiger partial charge in [-0.25, -0.2) is 0 Å². The zero-order valence-corrected chi connectivity index (χ0v) is 12.2. The fourth-order valence-electron chi connectivity index (χ4n) is 2.61. The summed E-state index contributed by atoms with van der Waals surface area (Å²) >= 11 is 5.56. The van der Waals surface area contributed by atoms with Crippen LogP contribution in [-0.4, -0.2) is 40.4 Å². The average molecular weight is 300 g/mol. The Morgan fingerprint density at radius 3 is 2.30 bits per heavy atom. The molecule has 4 N–H and O–H groups in total. The lowest BCUT2D eigenvalue weighted by molar-refractivity contribution is 0.00539. The van der Waals surface area contributed by atoms with Crippen LogP contribution < -0.4 is 5.32 Å². The van der Waals surface area contributed by atoms with Crippen molar-refractivity contribution in [2.24, 2.45) is 0 Å². The lowest BCUT2D eigenvalue weighted by Crippen LogP contribution is -2.39. The van der Waals surface area contributed by atoms with Crippen LogP contribution in [0.2, 0.25) is 0 Å². The molecule has 1 saturated heterocycles. The van der Waals surface area contributed by atoms with Gasteiger partial charge in [-0.15, -0.1) is 11.6 Å². The van der Waals surface area contributed by atoms with Crippen molar-refractivity contribution in [3.63, 3.8) is 0 Å². The largest absolute Gasteiger partial charge is 0.390 e. The summed E-state index contributed by atoms with van der Waals surface area (Å²) in [6, 6.07) is 7.18. The average Bonchev–Trinajstić information content (AvgIpc) is 2.48. The van der Waals surface area contributed by atoms with Gasteiger partial charge >= 0.3 is 0 Å². The smallest absolute Gasteiger partial charge is 0.105 e. The molecule has 0 bridgehead atoms. The van der Waals surface area contributed by atoms with E-state index in [1.807, 2.05) is 12.1 Å². The maximum atomic E-state index is 10.6. The molecule has 0 aliphatic carbocycles. The first-order chi connectivity index (χ1) is 9.57. The van der Waals surface area contributed by atoms with Crippen LogP contribution in [0.25, 0.3) is 0 Å². The minimum atomic E-state index is -0.939. The molecule has 2 rings (SSSR count). The number of benzene rings is 1. The van der Waals surface area contributed by atoms with Gasteiger partial charge in [0.2, 0.25) is 0 Å². The van der Waals surface area contributed by atoms with Crippen molar-refractivity contribution in [2.45, 2.75) is 37.1 Å². The van der Waals surface area contributed by atoms with Crippen molar-refractivity contribution < 1.29 is 15.3 Å². The van der Waals surface area contributed by atoms with Gasteiger partial charge < -0.3 is 20.6 Å². The maximum Gasteiger partial charge on any atom is 0.105 e. The van der Waals surface area contributed by atoms with Crippen LogP contribution in [-0.2, 0) is 5.60 Å². The van der Waals surface area contributed by atoms with Gasteiger partial charge in [0, 0.05) is 5.88 Å². The third-order valence-corrected chi connectivity index (χ3v) is 4.21. The summed E-state index contributed by atoms with van der Waals surface area (Å²) in [5.74, 6) is 0.309. The lowest BCUT2D eigenvalue weighted by atomic mass is 9.84. The van der Waals surface area contributed by atoms with Crippen molar-refractivity contribution in [3.05, 3.63) is 35.4 Å². The van der Waals surface area contributed by atoms with E-state index in [1.165, 1.54) is 0 Å². The van der Waals surface area contributed by atoms with Gasteiger partial charge in [0.25, 0.3) is 0 Å². The standard InChI is InChI=1S/C15H22ClNO3/c16-8-5-13(18)14(19)11-1-3-12(4-2-11)15(20)6-9-17-10-7-15/h1-4,13-14,17-20H,5-10H2. The van der Waals surface area contributed by atoms with Gasteiger partial charge in [0.05, 0.1) is 11.7 Å². The molecule has 2 unspecified atom stereocenters. The van der Waals surface area contributed by atoms with E-state index in [0.717, 1.165) is 18.7 Å². The summed E-state index contributed by atoms with van der Waals surface area (Å²) in [7, 11) is 0. The fraction of sp³-hybridized carbons (Fsp3) is 0.600. The molecule has 4 nitrogen and oxygen atoms in total. The fourth-order valence-corrected chi connectivity index (χ4v) is 2.83. The zero-order chi connectivity index (χ0) is 14.6. The summed E-state index contributed by atoms with van der Waals surface area (Å²) in [5, 5.41) is 33.6. The van der Waals surface area contributed by atoms with Gasteiger partial charge in [-0.3, -0.25) is 0 Å². The van der Waals surface area contributed by atoms with E-state index in [0.29, 0.717) is 30.7 Å². The van der Waals surface area contributed by atoms with E-state index in [4.69, 9.17) is 11.6 Å². The maximum absolute atomic E-state index is 10.6. The number of hydrogen-bond donors (Lipinski definition) is 4. The number of hydrogen-bond acceptors (Lipinski definition) is 4. The second-order valence-electron chi connectivity index (χ2n) is 5.39. The topological polar surface area (TPSA) is 72.7 Å². The number of alkyl halides is 1. The van der Waals surface area contributed by atoms with Crippen molar-refractivity contribution in [3.8, 4) is 0 Å². The minimum Gasteiger partial charge on any atom is -0.390 e. The summed E-state index contributed by atoms with van der Waals surface area (Å²) < 4.78 is 0. The Bertz CT molecular complexity index is 418. The molecule has 1 aliphatic heterocycles. The van der Waals surface area contributed by atoms with Crippen LogP contribution in [0.5, 0.6) is 0 Å². The third kappa shape index (κ3) is 3.51. The summed E-state index contributed by atoms with van der Waals surface area (Å²) in [6.07, 6.45) is -0.0843. The minimum absolute atomic E-state index is 0.309. The molecule has 20 heavy (non-hydrogen) atoms. The molecule has 0 radical (unpaired) electrons. The second-order valence-corrected chi connectivity index (χ2v) is 5.77. The molecule has 1 aromatic rings. The quantitative estimate of drug-likeness (QED) is 0.618. The van der Waals surface area contributed by atoms with Crippen LogP contribution in [0.1, 0.15) is 36.5 Å². The van der Waals surface area contributed by atoms with Crippen molar-refractivity contribution >= 4 is 11.6 Å². The Kier molecular flexibility index (Phi) is 5.41. The number of piperidine rings is 1. The van der Waals surface area contributed by atoms with Crippen molar-refractivity contribution in [2.75, 3.05) is 19.0 Å². The number of halogens is 1. The molecule has 0 spiro atoms. The Morgan fingerprint density at radius 1 is 1.15 bits per heavy atom. The zero-order valence-electron chi connectivity index (χ0n) is 11.4. The summed E-state index contributed by atoms with van der Waals surface area (Å²) in [4.78, 5) is 0. The summed E-state index contributed by atoms with van der Waals surface area (Å²) in [6.45, 7) is 1.60. The molecule has 1 heterocycles. The first-order valence-corrected chi connectivity index (χ1v) is 7.56. The highest BCUT2D eigenvalue weighted by atomic mass is 35.5. The highest BCUT2D eigenvalue weighted by molar-refractivity contribution is 6.17. The monoisotopic (exact) mass is 299 g/mol. The Morgan fingerprint density at radius 2 is 1.75 bits per heavy atom. The number of aliphatic hydroxyl groups excluding tert-OH is 2. The first-order valence-electron chi connectivity index (χ1n) is 7.02. The molecule has 1 aliphatic rings. The number of aliphatic hydroxyl groups is 3. The Hall–Kier alpha value is -0.650. The molecule has 0 aromatic heterocycles. The van der Waals surface area contributed by atoms with Gasteiger partial charge in [0.1, 0.15) is 6.10 Å². The molecule has 0 saturated carbocycles. The molecular formula is C15H22ClNO3. The molecule has 1 aromatic carbocycles. The van der Waals surface area contributed by atoms with Crippen LogP contribution in [0.3, 0.4) is 0 Å². The highest BCUT2D eigenvalue weighted by Crippen LogP contribution is 2.31. The van der Waals surface area contributed by atoms with E-state index in [2.05, 4.69) is 5.32 Å². The molecule has 0 amide bonds. The van der Waals surface area contributed by atoms with E-state index in [-0.39, 0.29) is 0 Å². The van der Waals surface area contributed by atoms with E-state index in [1.54, 1.807) is 12.1 Å². The first kappa shape index (κ1) is 15.7. The highest BCUT2D eigenvalue weighted by Gasteiger charge is 2.31. The van der Waals surface area contributed by atoms with Crippen LogP contribution in [0, 0.1) is 0 Å². The SMILES string of the molecule is OC(CCCl)C(O)c1ccc(C2(O)CCNCC2)cc1. The van der Waals surface area contributed by atoms with Crippen LogP contribution >= 0.6 is 11.6 Å². The predicted molar refractivity (Wildman–Crippen MR) is 78.7 cm³/mol. The van der Waals surface area contributed by atoms with Gasteiger partial charge in [0.15, 0.2) is 0 Å². The van der Waals surface area contributed by atoms with Crippen molar-refractivity contribution in [1.82, 2.24) is 5.32 Å². The lowest BCUT2D eigenvalue weighted by Gasteiger charge is -2.33.